The van der Waals surface area contributed by atoms with Crippen molar-refractivity contribution in [3.8, 4) is 0 Å². The summed E-state index contributed by atoms with van der Waals surface area (Å²) in [6, 6.07) is 10.0. The maximum absolute atomic E-state index is 8.60. The zero-order chi connectivity index (χ0) is 8.24. The van der Waals surface area contributed by atoms with Gasteiger partial charge in [-0.3, -0.25) is 0 Å². The van der Waals surface area contributed by atoms with Crippen molar-refractivity contribution in [2.45, 2.75) is 0 Å². The smallest absolute Gasteiger partial charge is 0.172 e. The van der Waals surface area contributed by atoms with Gasteiger partial charge in [-0.25, -0.2) is 12.1 Å². The zero-order valence-electron chi connectivity index (χ0n) is 5.03. The normalized spacial score (nSPS) is 5.20. The van der Waals surface area contributed by atoms with Gasteiger partial charge >= 0.3 is 25.2 Å². The molecule has 0 amide bonds. The molecule has 0 aliphatic carbocycles. The second-order valence-corrected chi connectivity index (χ2v) is 1.28. The Balaban J connectivity index is 0. The van der Waals surface area contributed by atoms with Crippen LogP contribution in [-0.4, -0.2) is 4.79 Å². The topological polar surface area (TPSA) is 56.4 Å². The molecule has 0 atom stereocenters. The van der Waals surface area contributed by atoms with Crippen molar-refractivity contribution in [2.75, 3.05) is 0 Å². The maximum atomic E-state index is 8.60. The Morgan fingerprint density at radius 2 is 1.60 bits per heavy atom. The molecule has 0 saturated carbocycles. The SMILES string of the molecule is O=[C]=[Mn].[N-]=O.c1cc[cH-]c1. The Kier molecular flexibility index (Phi) is 18.5. The number of rotatable bonds is 0. The molecule has 0 saturated heterocycles. The number of hydrogen-bond acceptors (Lipinski definition) is 2. The fourth-order valence-electron chi connectivity index (χ4n) is 0.321. The van der Waals surface area contributed by atoms with Crippen molar-refractivity contribution >= 4 is 4.79 Å². The molecule has 3 nitrogen and oxygen atoms in total. The fourth-order valence-corrected chi connectivity index (χ4v) is 0.321. The molecule has 4 heteroatoms. The maximum Gasteiger partial charge on any atom is -0.172 e. The van der Waals surface area contributed by atoms with E-state index in [1.165, 1.54) is 4.79 Å². The van der Waals surface area contributed by atoms with E-state index in [1.807, 2.05) is 30.3 Å². The van der Waals surface area contributed by atoms with Gasteiger partial charge in [-0.1, -0.05) is 0 Å². The quantitative estimate of drug-likeness (QED) is 0.444. The number of nitroso groups, excluding NO2 is 1. The third-order valence-corrected chi connectivity index (χ3v) is 0.556. The van der Waals surface area contributed by atoms with E-state index in [2.05, 4.69) is 15.6 Å². The molecule has 0 heterocycles. The second-order valence-electron chi connectivity index (χ2n) is 1.04. The Hall–Kier alpha value is -0.951. The molecule has 0 aliphatic rings. The van der Waals surface area contributed by atoms with Crippen LogP contribution in [-0.2, 0) is 20.4 Å². The van der Waals surface area contributed by atoms with E-state index in [9.17, 15) is 0 Å². The summed E-state index contributed by atoms with van der Waals surface area (Å²) in [5.74, 6) is 0. The first-order chi connectivity index (χ1) is 4.91. The van der Waals surface area contributed by atoms with Crippen LogP contribution in [0.2, 0.25) is 0 Å². The molecule has 0 aliphatic heterocycles. The summed E-state index contributed by atoms with van der Waals surface area (Å²) >= 11 is 2.34. The first-order valence-electron chi connectivity index (χ1n) is 2.24. The molecule has 0 radical (unpaired) electrons. The first-order valence-corrected chi connectivity index (χ1v) is 2.83. The molecule has 0 aromatic heterocycles. The third-order valence-electron chi connectivity index (χ3n) is 0.556. The van der Waals surface area contributed by atoms with Crippen molar-refractivity contribution in [1.29, 1.82) is 0 Å². The molecule has 0 N–H and O–H groups in total. The van der Waals surface area contributed by atoms with Crippen LogP contribution in [0.4, 0.5) is 0 Å². The Bertz CT molecular complexity index is 139. The summed E-state index contributed by atoms with van der Waals surface area (Å²) in [4.78, 5) is 17.2. The van der Waals surface area contributed by atoms with Crippen molar-refractivity contribution in [2.24, 2.45) is 0 Å². The van der Waals surface area contributed by atoms with E-state index in [1.54, 1.807) is 0 Å². The Labute approximate surface area is 66.5 Å². The summed E-state index contributed by atoms with van der Waals surface area (Å²) < 4.78 is 0. The van der Waals surface area contributed by atoms with Crippen molar-refractivity contribution < 1.29 is 20.4 Å². The number of hydrogen-bond donors (Lipinski definition) is 0. The molecule has 1 aromatic rings. The predicted molar refractivity (Wildman–Crippen MR) is 34.5 cm³/mol. The minimum absolute atomic E-state index is 1.31. The molecule has 0 spiro atoms. The van der Waals surface area contributed by atoms with E-state index in [4.69, 9.17) is 15.3 Å². The van der Waals surface area contributed by atoms with Gasteiger partial charge in [0.1, 0.15) is 0 Å². The van der Waals surface area contributed by atoms with Crippen molar-refractivity contribution in [3.05, 3.63) is 40.8 Å². The van der Waals surface area contributed by atoms with Gasteiger partial charge in [-0.05, 0) is 0 Å². The monoisotopic (exact) mass is 178 g/mol. The Morgan fingerprint density at radius 1 is 1.30 bits per heavy atom. The molecule has 10 heavy (non-hydrogen) atoms. The van der Waals surface area contributed by atoms with Crippen molar-refractivity contribution in [1.82, 2.24) is 0 Å². The average Bonchev–Trinajstić information content (AvgIpc) is 2.48. The van der Waals surface area contributed by atoms with E-state index in [0.29, 0.717) is 0 Å². The standard InChI is InChI=1S/C5H5.CO.Mn.NO/c1-2-4-5-3-1;1-2;;1-2/h1-5H;;;/q-1;;;-1. The first kappa shape index (κ1) is 11.8. The summed E-state index contributed by atoms with van der Waals surface area (Å²) in [6.07, 6.45) is 0. The largest absolute Gasteiger partial charge is 0.577 e. The number of nitrogens with zero attached hydrogens (tertiary/aromatic N) is 1. The van der Waals surface area contributed by atoms with Crippen LogP contribution in [0.15, 0.2) is 30.3 Å². The fraction of sp³-hybridized carbons (Fsp3) is 0. The molecule has 1 rings (SSSR count). The van der Waals surface area contributed by atoms with Crippen LogP contribution >= 0.6 is 0 Å². The molecule has 1 aromatic carbocycles. The van der Waals surface area contributed by atoms with Crippen LogP contribution in [0.3, 0.4) is 0 Å². The Morgan fingerprint density at radius 3 is 1.70 bits per heavy atom. The predicted octanol–water partition coefficient (Wildman–Crippen LogP) is 1.33. The van der Waals surface area contributed by atoms with Gasteiger partial charge in [0.15, 0.2) is 0 Å². The van der Waals surface area contributed by atoms with Gasteiger partial charge in [0.2, 0.25) is 0 Å². The molecule has 0 bridgehead atoms. The van der Waals surface area contributed by atoms with Gasteiger partial charge in [-0.2, -0.15) is 18.2 Å². The third kappa shape index (κ3) is 15.7. The molecule has 0 unspecified atom stereocenters. The van der Waals surface area contributed by atoms with Crippen LogP contribution in [0.5, 0.6) is 0 Å². The van der Waals surface area contributed by atoms with Gasteiger partial charge < -0.3 is 10.5 Å². The molecular formula is C6H5MnNO2-2. The van der Waals surface area contributed by atoms with Gasteiger partial charge in [0.05, 0.1) is 0 Å². The minimum atomic E-state index is 1.31. The second kappa shape index (κ2) is 15.7. The zero-order valence-corrected chi connectivity index (χ0v) is 6.21. The van der Waals surface area contributed by atoms with Crippen molar-refractivity contribution in [3.63, 3.8) is 0 Å². The van der Waals surface area contributed by atoms with E-state index in [0.717, 1.165) is 0 Å². The van der Waals surface area contributed by atoms with Crippen LogP contribution < -0.4 is 0 Å². The average molecular weight is 178 g/mol. The van der Waals surface area contributed by atoms with Crippen LogP contribution in [0.25, 0.3) is 5.59 Å². The molecule has 55 valence electrons. The summed E-state index contributed by atoms with van der Waals surface area (Å²) in [5, 5.41) is 0. The minimum Gasteiger partial charge on any atom is -0.577 e. The van der Waals surface area contributed by atoms with E-state index >= 15 is 0 Å². The summed E-state index contributed by atoms with van der Waals surface area (Å²) in [7, 11) is 0. The summed E-state index contributed by atoms with van der Waals surface area (Å²) in [6.45, 7) is 0. The van der Waals surface area contributed by atoms with Crippen LogP contribution in [0.1, 0.15) is 0 Å². The molecular weight excluding hydrogens is 173 g/mol. The summed E-state index contributed by atoms with van der Waals surface area (Å²) in [5.41, 5.74) is 5.75. The van der Waals surface area contributed by atoms with E-state index < -0.39 is 0 Å². The molecule has 0 fully saturated rings. The number of carbonyl (C=O) groups excluding carboxylic acids is 1. The van der Waals surface area contributed by atoms with Gasteiger partial charge in [0.25, 0.3) is 0 Å². The van der Waals surface area contributed by atoms with Crippen LogP contribution in [0, 0.1) is 4.91 Å². The van der Waals surface area contributed by atoms with E-state index in [-0.39, 0.29) is 0 Å². The van der Waals surface area contributed by atoms with Gasteiger partial charge in [-0.15, -0.1) is 0 Å². The van der Waals surface area contributed by atoms with Gasteiger partial charge in [0, 0.05) is 0 Å².